The van der Waals surface area contributed by atoms with Crippen LogP contribution in [0.3, 0.4) is 0 Å². The lowest BCUT2D eigenvalue weighted by atomic mass is 10.2. The molecular weight excluding hydrogens is 293 g/mol. The number of nitrogens with zero attached hydrogens (tertiary/aromatic N) is 2. The van der Waals surface area contributed by atoms with Crippen molar-refractivity contribution in [1.82, 2.24) is 9.97 Å². The van der Waals surface area contributed by atoms with E-state index in [9.17, 15) is 0 Å². The van der Waals surface area contributed by atoms with Crippen LogP contribution in [0.15, 0.2) is 18.2 Å². The van der Waals surface area contributed by atoms with Gasteiger partial charge in [-0.1, -0.05) is 36.2 Å². The number of aromatic nitrogens is 2. The van der Waals surface area contributed by atoms with Gasteiger partial charge in [0.15, 0.2) is 0 Å². The summed E-state index contributed by atoms with van der Waals surface area (Å²) in [6.07, 6.45) is 1.78. The standard InChI is InChI=1S/C15H17Cl2N3/c1-4-5-13-19-14(17)10(3)15(20-13)18-12-8-9(2)6-7-11(12)16/h6-8H,4-5H2,1-3H3,(H,18,19,20). The summed E-state index contributed by atoms with van der Waals surface area (Å²) in [4.78, 5) is 8.81. The highest BCUT2D eigenvalue weighted by Gasteiger charge is 2.11. The van der Waals surface area contributed by atoms with Crippen molar-refractivity contribution in [1.29, 1.82) is 0 Å². The van der Waals surface area contributed by atoms with Gasteiger partial charge >= 0.3 is 0 Å². The van der Waals surface area contributed by atoms with E-state index in [-0.39, 0.29) is 0 Å². The molecule has 0 aliphatic heterocycles. The topological polar surface area (TPSA) is 37.8 Å². The third-order valence-corrected chi connectivity index (χ3v) is 3.68. The molecule has 1 aromatic carbocycles. The fourth-order valence-electron chi connectivity index (χ4n) is 1.85. The average Bonchev–Trinajstić information content (AvgIpc) is 2.40. The molecule has 2 aromatic rings. The van der Waals surface area contributed by atoms with Gasteiger partial charge in [0.25, 0.3) is 0 Å². The second-order valence-electron chi connectivity index (χ2n) is 4.76. The van der Waals surface area contributed by atoms with Gasteiger partial charge in [-0.05, 0) is 38.0 Å². The minimum absolute atomic E-state index is 0.481. The monoisotopic (exact) mass is 309 g/mol. The molecule has 0 atom stereocenters. The van der Waals surface area contributed by atoms with Crippen LogP contribution in [0.25, 0.3) is 0 Å². The molecule has 0 radical (unpaired) electrons. The predicted molar refractivity (Wildman–Crippen MR) is 85.2 cm³/mol. The molecule has 2 rings (SSSR count). The maximum atomic E-state index is 6.20. The highest BCUT2D eigenvalue weighted by atomic mass is 35.5. The highest BCUT2D eigenvalue weighted by Crippen LogP contribution is 2.29. The molecule has 0 unspecified atom stereocenters. The summed E-state index contributed by atoms with van der Waals surface area (Å²) in [5, 5.41) is 4.39. The fraction of sp³-hybridized carbons (Fsp3) is 0.333. The number of nitrogens with one attached hydrogen (secondary N) is 1. The number of aryl methyl sites for hydroxylation is 2. The Balaban J connectivity index is 2.39. The van der Waals surface area contributed by atoms with E-state index in [1.807, 2.05) is 32.0 Å². The molecular formula is C15H17Cl2N3. The molecule has 1 N–H and O–H groups in total. The molecule has 3 nitrogen and oxygen atoms in total. The van der Waals surface area contributed by atoms with E-state index < -0.39 is 0 Å². The molecule has 0 amide bonds. The van der Waals surface area contributed by atoms with Gasteiger partial charge < -0.3 is 5.32 Å². The third kappa shape index (κ3) is 3.41. The van der Waals surface area contributed by atoms with Crippen LogP contribution in [-0.2, 0) is 6.42 Å². The SMILES string of the molecule is CCCc1nc(Cl)c(C)c(Nc2cc(C)ccc2Cl)n1. The average molecular weight is 310 g/mol. The Bertz CT molecular complexity index is 627. The van der Waals surface area contributed by atoms with Crippen molar-refractivity contribution in [2.75, 3.05) is 5.32 Å². The first-order valence-electron chi connectivity index (χ1n) is 6.57. The Labute approximate surface area is 129 Å². The zero-order chi connectivity index (χ0) is 14.7. The van der Waals surface area contributed by atoms with Gasteiger partial charge in [-0.15, -0.1) is 0 Å². The molecule has 1 aromatic heterocycles. The number of rotatable bonds is 4. The highest BCUT2D eigenvalue weighted by molar-refractivity contribution is 6.33. The van der Waals surface area contributed by atoms with Gasteiger partial charge in [0.05, 0.1) is 10.7 Å². The summed E-state index contributed by atoms with van der Waals surface area (Å²) in [6.45, 7) is 6.00. The van der Waals surface area contributed by atoms with Crippen LogP contribution in [0.2, 0.25) is 10.2 Å². The van der Waals surface area contributed by atoms with Crippen molar-refractivity contribution in [2.24, 2.45) is 0 Å². The van der Waals surface area contributed by atoms with Gasteiger partial charge in [-0.3, -0.25) is 0 Å². The third-order valence-electron chi connectivity index (χ3n) is 2.98. The lowest BCUT2D eigenvalue weighted by Gasteiger charge is -2.13. The normalized spacial score (nSPS) is 10.7. The first-order valence-corrected chi connectivity index (χ1v) is 7.33. The summed E-state index contributed by atoms with van der Waals surface area (Å²) >= 11 is 12.4. The van der Waals surface area contributed by atoms with E-state index in [1.165, 1.54) is 0 Å². The summed E-state index contributed by atoms with van der Waals surface area (Å²) in [5.41, 5.74) is 2.78. The Kier molecular flexibility index (Phi) is 4.84. The Morgan fingerprint density at radius 3 is 2.60 bits per heavy atom. The van der Waals surface area contributed by atoms with E-state index in [1.54, 1.807) is 0 Å². The molecule has 20 heavy (non-hydrogen) atoms. The Morgan fingerprint density at radius 2 is 1.90 bits per heavy atom. The van der Waals surface area contributed by atoms with Crippen LogP contribution in [0.1, 0.15) is 30.3 Å². The van der Waals surface area contributed by atoms with Crippen LogP contribution < -0.4 is 5.32 Å². The maximum absolute atomic E-state index is 6.20. The number of hydrogen-bond donors (Lipinski definition) is 1. The summed E-state index contributed by atoms with van der Waals surface area (Å²) in [5.74, 6) is 1.45. The fourth-order valence-corrected chi connectivity index (χ4v) is 2.20. The second-order valence-corrected chi connectivity index (χ2v) is 5.53. The van der Waals surface area contributed by atoms with Gasteiger partial charge in [0, 0.05) is 12.0 Å². The van der Waals surface area contributed by atoms with Crippen LogP contribution in [-0.4, -0.2) is 9.97 Å². The van der Waals surface area contributed by atoms with E-state index in [4.69, 9.17) is 23.2 Å². The van der Waals surface area contributed by atoms with Gasteiger partial charge in [-0.2, -0.15) is 0 Å². The molecule has 5 heteroatoms. The molecule has 106 valence electrons. The predicted octanol–water partition coefficient (Wildman–Crippen LogP) is 5.10. The molecule has 0 aliphatic rings. The van der Waals surface area contributed by atoms with Crippen molar-refractivity contribution in [3.05, 3.63) is 45.3 Å². The summed E-state index contributed by atoms with van der Waals surface area (Å²) in [7, 11) is 0. The van der Waals surface area contributed by atoms with E-state index in [2.05, 4.69) is 22.2 Å². The van der Waals surface area contributed by atoms with Crippen LogP contribution in [0.4, 0.5) is 11.5 Å². The van der Waals surface area contributed by atoms with Crippen LogP contribution in [0.5, 0.6) is 0 Å². The first-order chi connectivity index (χ1) is 9.51. The zero-order valence-corrected chi connectivity index (χ0v) is 13.3. The van der Waals surface area contributed by atoms with E-state index in [0.29, 0.717) is 16.0 Å². The zero-order valence-electron chi connectivity index (χ0n) is 11.8. The molecule has 0 aliphatic carbocycles. The lowest BCUT2D eigenvalue weighted by molar-refractivity contribution is 0.833. The van der Waals surface area contributed by atoms with Crippen molar-refractivity contribution in [3.63, 3.8) is 0 Å². The maximum Gasteiger partial charge on any atom is 0.138 e. The molecule has 0 bridgehead atoms. The number of hydrogen-bond acceptors (Lipinski definition) is 3. The molecule has 0 spiro atoms. The summed E-state index contributed by atoms with van der Waals surface area (Å²) in [6, 6.07) is 5.82. The first kappa shape index (κ1) is 15.1. The quantitative estimate of drug-likeness (QED) is 0.799. The van der Waals surface area contributed by atoms with Gasteiger partial charge in [-0.25, -0.2) is 9.97 Å². The van der Waals surface area contributed by atoms with Crippen molar-refractivity contribution in [3.8, 4) is 0 Å². The minimum atomic E-state index is 0.481. The Hall–Kier alpha value is -1.32. The molecule has 0 fully saturated rings. The largest absolute Gasteiger partial charge is 0.339 e. The van der Waals surface area contributed by atoms with Gasteiger partial charge in [0.1, 0.15) is 16.8 Å². The minimum Gasteiger partial charge on any atom is -0.339 e. The van der Waals surface area contributed by atoms with E-state index in [0.717, 1.165) is 35.5 Å². The lowest BCUT2D eigenvalue weighted by Crippen LogP contribution is -2.04. The van der Waals surface area contributed by atoms with Crippen LogP contribution >= 0.6 is 23.2 Å². The molecule has 0 saturated carbocycles. The van der Waals surface area contributed by atoms with E-state index >= 15 is 0 Å². The van der Waals surface area contributed by atoms with Gasteiger partial charge in [0.2, 0.25) is 0 Å². The number of anilines is 2. The van der Waals surface area contributed by atoms with Crippen molar-refractivity contribution in [2.45, 2.75) is 33.6 Å². The summed E-state index contributed by atoms with van der Waals surface area (Å²) < 4.78 is 0. The molecule has 0 saturated heterocycles. The van der Waals surface area contributed by atoms with Crippen LogP contribution in [0, 0.1) is 13.8 Å². The van der Waals surface area contributed by atoms with Crippen molar-refractivity contribution >= 4 is 34.7 Å². The smallest absolute Gasteiger partial charge is 0.138 e. The second kappa shape index (κ2) is 6.42. The Morgan fingerprint density at radius 1 is 1.15 bits per heavy atom. The number of benzene rings is 1. The van der Waals surface area contributed by atoms with Crippen molar-refractivity contribution < 1.29 is 0 Å². The number of halogens is 2. The molecule has 1 heterocycles.